The Kier molecular flexibility index (Phi) is 7.43. The Labute approximate surface area is 181 Å². The van der Waals surface area contributed by atoms with Crippen molar-refractivity contribution in [3.8, 4) is 17.2 Å². The number of nitrogens with one attached hydrogen (secondary N) is 2. The van der Waals surface area contributed by atoms with Gasteiger partial charge in [0.25, 0.3) is 5.91 Å². The Hall–Kier alpha value is -3.61. The predicted octanol–water partition coefficient (Wildman–Crippen LogP) is 4.39. The average molecular weight is 421 g/mol. The highest BCUT2D eigenvalue weighted by molar-refractivity contribution is 5.92. The molecule has 0 bridgehead atoms. The zero-order chi connectivity index (χ0) is 22.2. The Morgan fingerprint density at radius 1 is 1.06 bits per heavy atom. The first kappa shape index (κ1) is 22.1. The minimum Gasteiger partial charge on any atom is -0.484 e. The molecule has 0 spiro atoms. The number of amides is 2. The van der Waals surface area contributed by atoms with Crippen molar-refractivity contribution < 1.29 is 18.7 Å². The normalized spacial score (nSPS) is 10.5. The number of oxazole rings is 1. The van der Waals surface area contributed by atoms with Crippen LogP contribution in [-0.2, 0) is 16.1 Å². The molecule has 0 radical (unpaired) electrons. The largest absolute Gasteiger partial charge is 0.484 e. The van der Waals surface area contributed by atoms with E-state index in [-0.39, 0.29) is 18.4 Å². The monoisotopic (exact) mass is 421 g/mol. The van der Waals surface area contributed by atoms with Crippen LogP contribution in [0, 0.1) is 13.8 Å². The average Bonchev–Trinajstić information content (AvgIpc) is 3.13. The molecule has 3 rings (SSSR count). The summed E-state index contributed by atoms with van der Waals surface area (Å²) in [6.45, 7) is 5.99. The molecule has 0 saturated heterocycles. The number of benzene rings is 2. The van der Waals surface area contributed by atoms with Crippen LogP contribution in [0.2, 0.25) is 0 Å². The SMILES string of the molecule is CCCC(=O)NCc1nc(-c2cccc(NC(=O)COc3ccc(C)cc3)c2)oc1C. The molecule has 2 N–H and O–H groups in total. The number of ether oxygens (including phenoxy) is 1. The number of hydrogen-bond acceptors (Lipinski definition) is 5. The maximum Gasteiger partial charge on any atom is 0.262 e. The first-order valence-electron chi connectivity index (χ1n) is 10.3. The third kappa shape index (κ3) is 6.44. The van der Waals surface area contributed by atoms with Crippen molar-refractivity contribution in [2.45, 2.75) is 40.2 Å². The number of nitrogens with zero attached hydrogens (tertiary/aromatic N) is 1. The highest BCUT2D eigenvalue weighted by Crippen LogP contribution is 2.24. The second kappa shape index (κ2) is 10.4. The second-order valence-electron chi connectivity index (χ2n) is 7.28. The summed E-state index contributed by atoms with van der Waals surface area (Å²) in [5.41, 5.74) is 3.15. The first-order valence-corrected chi connectivity index (χ1v) is 10.3. The molecular weight excluding hydrogens is 394 g/mol. The number of aromatic nitrogens is 1. The summed E-state index contributed by atoms with van der Waals surface area (Å²) in [5.74, 6) is 1.45. The smallest absolute Gasteiger partial charge is 0.262 e. The maximum absolute atomic E-state index is 12.2. The van der Waals surface area contributed by atoms with Crippen LogP contribution in [0.15, 0.2) is 52.9 Å². The van der Waals surface area contributed by atoms with Crippen LogP contribution < -0.4 is 15.4 Å². The minimum atomic E-state index is -0.263. The molecule has 0 aliphatic carbocycles. The zero-order valence-corrected chi connectivity index (χ0v) is 18.0. The van der Waals surface area contributed by atoms with E-state index in [0.717, 1.165) is 17.5 Å². The van der Waals surface area contributed by atoms with Gasteiger partial charge in [0.15, 0.2) is 6.61 Å². The van der Waals surface area contributed by atoms with Crippen LogP contribution in [0.5, 0.6) is 5.75 Å². The van der Waals surface area contributed by atoms with Crippen molar-refractivity contribution in [2.75, 3.05) is 11.9 Å². The van der Waals surface area contributed by atoms with Crippen molar-refractivity contribution in [1.82, 2.24) is 10.3 Å². The molecule has 2 aromatic carbocycles. The van der Waals surface area contributed by atoms with E-state index in [1.165, 1.54) is 0 Å². The van der Waals surface area contributed by atoms with Gasteiger partial charge in [-0.25, -0.2) is 4.98 Å². The van der Waals surface area contributed by atoms with Crippen LogP contribution in [0.4, 0.5) is 5.69 Å². The molecule has 31 heavy (non-hydrogen) atoms. The van der Waals surface area contributed by atoms with Gasteiger partial charge in [0, 0.05) is 17.7 Å². The lowest BCUT2D eigenvalue weighted by Crippen LogP contribution is -2.22. The summed E-state index contributed by atoms with van der Waals surface area (Å²) < 4.78 is 11.3. The third-order valence-electron chi connectivity index (χ3n) is 4.61. The summed E-state index contributed by atoms with van der Waals surface area (Å²) in [4.78, 5) is 28.4. The number of aryl methyl sites for hydroxylation is 2. The highest BCUT2D eigenvalue weighted by atomic mass is 16.5. The van der Waals surface area contributed by atoms with Gasteiger partial charge in [0.1, 0.15) is 17.2 Å². The summed E-state index contributed by atoms with van der Waals surface area (Å²) in [6.07, 6.45) is 1.28. The van der Waals surface area contributed by atoms with Gasteiger partial charge >= 0.3 is 0 Å². The Bertz CT molecular complexity index is 1040. The lowest BCUT2D eigenvalue weighted by Gasteiger charge is -2.08. The molecule has 2 amide bonds. The van der Waals surface area contributed by atoms with E-state index >= 15 is 0 Å². The number of rotatable bonds is 9. The number of carbonyl (C=O) groups is 2. The molecule has 0 aliphatic heterocycles. The standard InChI is InChI=1S/C24H27N3O4/c1-4-6-22(28)25-14-21-17(3)31-24(27-21)18-7-5-8-19(13-18)26-23(29)15-30-20-11-9-16(2)10-12-20/h5,7-13H,4,6,14-15H2,1-3H3,(H,25,28)(H,26,29). The van der Waals surface area contributed by atoms with Crippen molar-refractivity contribution >= 4 is 17.5 Å². The Morgan fingerprint density at radius 3 is 2.58 bits per heavy atom. The molecule has 0 unspecified atom stereocenters. The Morgan fingerprint density at radius 2 is 1.84 bits per heavy atom. The Balaban J connectivity index is 1.60. The van der Waals surface area contributed by atoms with E-state index < -0.39 is 0 Å². The van der Waals surface area contributed by atoms with Crippen molar-refractivity contribution in [3.05, 3.63) is 65.5 Å². The fraction of sp³-hybridized carbons (Fsp3) is 0.292. The molecule has 0 fully saturated rings. The molecule has 0 saturated carbocycles. The van der Waals surface area contributed by atoms with Gasteiger partial charge in [0.05, 0.1) is 6.54 Å². The quantitative estimate of drug-likeness (QED) is 0.534. The molecule has 7 heteroatoms. The number of carbonyl (C=O) groups excluding carboxylic acids is 2. The molecule has 3 aromatic rings. The van der Waals surface area contributed by atoms with Gasteiger partial charge in [0.2, 0.25) is 11.8 Å². The van der Waals surface area contributed by atoms with Gasteiger partial charge in [-0.2, -0.15) is 0 Å². The fourth-order valence-corrected chi connectivity index (χ4v) is 2.92. The maximum atomic E-state index is 12.2. The van der Waals surface area contributed by atoms with E-state index in [1.807, 2.05) is 57.2 Å². The summed E-state index contributed by atoms with van der Waals surface area (Å²) in [7, 11) is 0. The van der Waals surface area contributed by atoms with Crippen LogP contribution in [0.3, 0.4) is 0 Å². The van der Waals surface area contributed by atoms with Gasteiger partial charge in [-0.15, -0.1) is 0 Å². The molecule has 1 aromatic heterocycles. The van der Waals surface area contributed by atoms with Crippen LogP contribution in [-0.4, -0.2) is 23.4 Å². The molecular formula is C24H27N3O4. The van der Waals surface area contributed by atoms with Crippen molar-refractivity contribution in [3.63, 3.8) is 0 Å². The zero-order valence-electron chi connectivity index (χ0n) is 18.0. The molecule has 0 aliphatic rings. The van der Waals surface area contributed by atoms with Gasteiger partial charge < -0.3 is 19.8 Å². The van der Waals surface area contributed by atoms with Crippen molar-refractivity contribution in [2.24, 2.45) is 0 Å². The van der Waals surface area contributed by atoms with E-state index in [0.29, 0.717) is 41.7 Å². The van der Waals surface area contributed by atoms with Crippen LogP contribution in [0.1, 0.15) is 36.8 Å². The van der Waals surface area contributed by atoms with Crippen LogP contribution >= 0.6 is 0 Å². The van der Waals surface area contributed by atoms with E-state index in [1.54, 1.807) is 12.1 Å². The number of hydrogen-bond donors (Lipinski definition) is 2. The highest BCUT2D eigenvalue weighted by Gasteiger charge is 2.13. The van der Waals surface area contributed by atoms with E-state index in [2.05, 4.69) is 15.6 Å². The summed E-state index contributed by atoms with van der Waals surface area (Å²) in [5, 5.41) is 5.66. The summed E-state index contributed by atoms with van der Waals surface area (Å²) >= 11 is 0. The van der Waals surface area contributed by atoms with Crippen LogP contribution in [0.25, 0.3) is 11.5 Å². The summed E-state index contributed by atoms with van der Waals surface area (Å²) in [6, 6.07) is 14.8. The number of anilines is 1. The van der Waals surface area contributed by atoms with Gasteiger partial charge in [-0.05, 0) is 50.6 Å². The molecule has 162 valence electrons. The lowest BCUT2D eigenvalue weighted by atomic mass is 10.2. The lowest BCUT2D eigenvalue weighted by molar-refractivity contribution is -0.121. The fourth-order valence-electron chi connectivity index (χ4n) is 2.92. The molecule has 7 nitrogen and oxygen atoms in total. The predicted molar refractivity (Wildman–Crippen MR) is 119 cm³/mol. The van der Waals surface area contributed by atoms with Gasteiger partial charge in [-0.3, -0.25) is 9.59 Å². The topological polar surface area (TPSA) is 93.5 Å². The van der Waals surface area contributed by atoms with E-state index in [9.17, 15) is 9.59 Å². The van der Waals surface area contributed by atoms with Crippen molar-refractivity contribution in [1.29, 1.82) is 0 Å². The molecule has 0 atom stereocenters. The second-order valence-corrected chi connectivity index (χ2v) is 7.28. The third-order valence-corrected chi connectivity index (χ3v) is 4.61. The van der Waals surface area contributed by atoms with E-state index in [4.69, 9.17) is 9.15 Å². The van der Waals surface area contributed by atoms with Gasteiger partial charge in [-0.1, -0.05) is 30.7 Å². The minimum absolute atomic E-state index is 0.0102. The molecule has 1 heterocycles. The first-order chi connectivity index (χ1) is 14.9.